The van der Waals surface area contributed by atoms with E-state index in [1.165, 1.54) is 0 Å². The van der Waals surface area contributed by atoms with Gasteiger partial charge < -0.3 is 9.64 Å². The summed E-state index contributed by atoms with van der Waals surface area (Å²) >= 11 is 1.96. The summed E-state index contributed by atoms with van der Waals surface area (Å²) in [5, 5.41) is 0. The number of nitrogens with zero attached hydrogens (tertiary/aromatic N) is 3. The average molecular weight is 510 g/mol. The third-order valence-corrected chi connectivity index (χ3v) is 8.20. The molecule has 156 valence electrons. The molecule has 2 heterocycles. The largest absolute Gasteiger partial charge is 0.446 e. The van der Waals surface area contributed by atoms with E-state index in [2.05, 4.69) is 13.5 Å². The van der Waals surface area contributed by atoms with Crippen LogP contribution in [-0.4, -0.2) is 46.1 Å². The number of aromatic nitrogens is 2. The zero-order chi connectivity index (χ0) is 20.2. The van der Waals surface area contributed by atoms with E-state index in [0.29, 0.717) is 30.8 Å². The summed E-state index contributed by atoms with van der Waals surface area (Å²) in [5.41, 5.74) is 0.859. The summed E-state index contributed by atoms with van der Waals surface area (Å²) in [6.45, 7) is 3.25. The zero-order valence-electron chi connectivity index (χ0n) is 16.6. The number of nitrogens with one attached hydrogen (secondary N) is 1. The highest BCUT2D eigenvalue weighted by Crippen LogP contribution is 2.61. The second kappa shape index (κ2) is 7.35. The van der Waals surface area contributed by atoms with Crippen LogP contribution in [0, 0.1) is 30.1 Å². The Morgan fingerprint density at radius 3 is 2.55 bits per heavy atom. The predicted molar refractivity (Wildman–Crippen MR) is 114 cm³/mol. The standard InChI is InChI=1S/C21H27IN4O3/c1-12-23-9-17(10-24-12)14-2-3-26(11-14)20(28)29-18-15-4-13-5-16(18)8-21(6-13,7-15)19(27)25-22/h9-10,13-16,18H,2-8,11H2,1H3,(H,25,27). The van der Waals surface area contributed by atoms with E-state index in [9.17, 15) is 9.59 Å². The Hall–Kier alpha value is -1.45. The second-order valence-corrected chi connectivity index (χ2v) is 10.1. The Kier molecular flexibility index (Phi) is 4.95. The van der Waals surface area contributed by atoms with Gasteiger partial charge in [0.2, 0.25) is 5.91 Å². The van der Waals surface area contributed by atoms with Gasteiger partial charge in [0, 0.05) is 31.4 Å². The molecule has 4 bridgehead atoms. The van der Waals surface area contributed by atoms with E-state index in [1.807, 2.05) is 47.1 Å². The monoisotopic (exact) mass is 510 g/mol. The molecule has 4 saturated carbocycles. The van der Waals surface area contributed by atoms with E-state index >= 15 is 0 Å². The molecular formula is C21H27IN4O3. The van der Waals surface area contributed by atoms with Crippen LogP contribution in [0.15, 0.2) is 12.4 Å². The van der Waals surface area contributed by atoms with Gasteiger partial charge in [-0.3, -0.25) is 8.32 Å². The van der Waals surface area contributed by atoms with Gasteiger partial charge in [-0.25, -0.2) is 14.8 Å². The van der Waals surface area contributed by atoms with Crippen LogP contribution in [0.5, 0.6) is 0 Å². The fourth-order valence-corrected chi connectivity index (χ4v) is 7.12. The lowest BCUT2D eigenvalue weighted by Gasteiger charge is -2.58. The van der Waals surface area contributed by atoms with Crippen LogP contribution in [0.4, 0.5) is 4.79 Å². The van der Waals surface area contributed by atoms with Crippen molar-refractivity contribution >= 4 is 34.9 Å². The third kappa shape index (κ3) is 3.41. The van der Waals surface area contributed by atoms with E-state index < -0.39 is 0 Å². The maximum absolute atomic E-state index is 12.9. The van der Waals surface area contributed by atoms with Crippen molar-refractivity contribution in [2.45, 2.75) is 57.5 Å². The molecule has 8 heteroatoms. The Bertz CT molecular complexity index is 801. The van der Waals surface area contributed by atoms with Gasteiger partial charge in [0.15, 0.2) is 0 Å². The number of amides is 2. The summed E-state index contributed by atoms with van der Waals surface area (Å²) in [7, 11) is 0. The van der Waals surface area contributed by atoms with Crippen molar-refractivity contribution in [1.29, 1.82) is 0 Å². The van der Waals surface area contributed by atoms with Crippen LogP contribution in [0.25, 0.3) is 0 Å². The molecule has 2 amide bonds. The van der Waals surface area contributed by atoms with Gasteiger partial charge in [-0.1, -0.05) is 0 Å². The van der Waals surface area contributed by atoms with Crippen molar-refractivity contribution in [1.82, 2.24) is 18.4 Å². The van der Waals surface area contributed by atoms with Crippen molar-refractivity contribution < 1.29 is 14.3 Å². The number of ether oxygens (including phenoxy) is 1. The van der Waals surface area contributed by atoms with Gasteiger partial charge in [-0.15, -0.1) is 0 Å². The van der Waals surface area contributed by atoms with Crippen LogP contribution in [0.3, 0.4) is 0 Å². The first-order chi connectivity index (χ1) is 14.0. The number of rotatable bonds is 3. The molecule has 0 spiro atoms. The topological polar surface area (TPSA) is 84.4 Å². The van der Waals surface area contributed by atoms with Crippen LogP contribution in [-0.2, 0) is 9.53 Å². The molecule has 1 aromatic heterocycles. The minimum atomic E-state index is -0.231. The number of aryl methyl sites for hydroxylation is 1. The lowest BCUT2D eigenvalue weighted by atomic mass is 9.48. The Balaban J connectivity index is 1.23. The number of halogens is 1. The molecule has 6 rings (SSSR count). The number of carbonyl (C=O) groups excluding carboxylic acids is 2. The summed E-state index contributed by atoms with van der Waals surface area (Å²) in [5.74, 6) is 2.46. The zero-order valence-corrected chi connectivity index (χ0v) is 18.8. The Morgan fingerprint density at radius 1 is 1.21 bits per heavy atom. The number of hydrogen-bond donors (Lipinski definition) is 1. The number of likely N-dealkylation sites (tertiary alicyclic amines) is 1. The van der Waals surface area contributed by atoms with Gasteiger partial charge in [0.1, 0.15) is 11.9 Å². The lowest BCUT2D eigenvalue weighted by Crippen LogP contribution is -2.59. The molecule has 29 heavy (non-hydrogen) atoms. The third-order valence-electron chi connectivity index (χ3n) is 7.71. The first-order valence-corrected chi connectivity index (χ1v) is 11.7. The molecule has 1 aliphatic heterocycles. The summed E-state index contributed by atoms with van der Waals surface area (Å²) in [6, 6.07) is 0. The first-order valence-electron chi connectivity index (χ1n) is 10.6. The molecule has 4 aliphatic carbocycles. The summed E-state index contributed by atoms with van der Waals surface area (Å²) in [4.78, 5) is 35.9. The average Bonchev–Trinajstić information content (AvgIpc) is 3.20. The van der Waals surface area contributed by atoms with Crippen LogP contribution in [0.2, 0.25) is 0 Å². The number of carbonyl (C=O) groups is 2. The van der Waals surface area contributed by atoms with Crippen LogP contribution >= 0.6 is 22.9 Å². The molecule has 3 unspecified atom stereocenters. The van der Waals surface area contributed by atoms with Gasteiger partial charge >= 0.3 is 6.09 Å². The van der Waals surface area contributed by atoms with E-state index in [1.54, 1.807) is 0 Å². The SMILES string of the molecule is Cc1ncc(C2CCN(C(=O)OC3C4CC5CC3CC(C(=O)NI)(C5)C4)C2)cn1. The van der Waals surface area contributed by atoms with Gasteiger partial charge in [0.05, 0.1) is 28.3 Å². The normalized spacial score (nSPS) is 37.6. The number of hydrogen-bond acceptors (Lipinski definition) is 5. The van der Waals surface area contributed by atoms with Crippen LogP contribution < -0.4 is 3.53 Å². The molecule has 1 saturated heterocycles. The highest BCUT2D eigenvalue weighted by molar-refractivity contribution is 14.1. The molecule has 1 aromatic rings. The van der Waals surface area contributed by atoms with Crippen LogP contribution in [0.1, 0.15) is 55.8 Å². The Morgan fingerprint density at radius 2 is 1.90 bits per heavy atom. The van der Waals surface area contributed by atoms with E-state index in [4.69, 9.17) is 4.74 Å². The highest BCUT2D eigenvalue weighted by Gasteiger charge is 2.59. The quantitative estimate of drug-likeness (QED) is 0.498. The van der Waals surface area contributed by atoms with Crippen molar-refractivity contribution in [2.24, 2.45) is 23.2 Å². The van der Waals surface area contributed by atoms with Gasteiger partial charge in [-0.05, 0) is 68.8 Å². The molecule has 5 fully saturated rings. The summed E-state index contributed by atoms with van der Waals surface area (Å²) < 4.78 is 8.95. The first kappa shape index (κ1) is 19.5. The van der Waals surface area contributed by atoms with Gasteiger partial charge in [0.25, 0.3) is 0 Å². The minimum absolute atomic E-state index is 0.0315. The van der Waals surface area contributed by atoms with Crippen molar-refractivity contribution in [3.05, 3.63) is 23.8 Å². The lowest BCUT2D eigenvalue weighted by molar-refractivity contribution is -0.162. The predicted octanol–water partition coefficient (Wildman–Crippen LogP) is 3.37. The molecule has 3 atom stereocenters. The molecule has 5 aliphatic rings. The maximum atomic E-state index is 12.9. The van der Waals surface area contributed by atoms with E-state index in [0.717, 1.165) is 49.9 Å². The van der Waals surface area contributed by atoms with Gasteiger partial charge in [-0.2, -0.15) is 0 Å². The molecule has 0 radical (unpaired) electrons. The molecule has 1 N–H and O–H groups in total. The summed E-state index contributed by atoms with van der Waals surface area (Å²) in [6.07, 6.45) is 9.34. The smallest absolute Gasteiger partial charge is 0.410 e. The fourth-order valence-electron chi connectivity index (χ4n) is 6.55. The fraction of sp³-hybridized carbons (Fsp3) is 0.714. The van der Waals surface area contributed by atoms with Crippen molar-refractivity contribution in [3.8, 4) is 0 Å². The maximum Gasteiger partial charge on any atom is 0.410 e. The van der Waals surface area contributed by atoms with Crippen molar-refractivity contribution in [2.75, 3.05) is 13.1 Å². The second-order valence-electron chi connectivity index (χ2n) is 9.52. The van der Waals surface area contributed by atoms with Crippen molar-refractivity contribution in [3.63, 3.8) is 0 Å². The highest BCUT2D eigenvalue weighted by atomic mass is 127. The molecule has 7 nitrogen and oxygen atoms in total. The Labute approximate surface area is 184 Å². The molecule has 0 aromatic carbocycles. The van der Waals surface area contributed by atoms with E-state index in [-0.39, 0.29) is 29.4 Å². The molecular weight excluding hydrogens is 483 g/mol. The minimum Gasteiger partial charge on any atom is -0.446 e.